The van der Waals surface area contributed by atoms with E-state index < -0.39 is 5.25 Å². The van der Waals surface area contributed by atoms with E-state index in [1.807, 2.05) is 0 Å². The molecule has 2 aromatic carbocycles. The fraction of sp³-hybridized carbons (Fsp3) is 0.167. The van der Waals surface area contributed by atoms with Crippen molar-refractivity contribution in [3.63, 3.8) is 0 Å². The van der Waals surface area contributed by atoms with Crippen molar-refractivity contribution in [3.05, 3.63) is 51.5 Å². The van der Waals surface area contributed by atoms with Gasteiger partial charge in [0.25, 0.3) is 0 Å². The second kappa shape index (κ2) is 8.61. The Bertz CT molecular complexity index is 943. The molecule has 1 fully saturated rings. The van der Waals surface area contributed by atoms with E-state index in [0.717, 1.165) is 0 Å². The molecule has 0 bridgehead atoms. The third-order valence-corrected chi connectivity index (χ3v) is 5.92. The van der Waals surface area contributed by atoms with Crippen LogP contribution in [0.5, 0.6) is 5.75 Å². The first-order valence-corrected chi connectivity index (χ1v) is 10.0. The molecule has 1 heterocycles. The molecule has 0 spiro atoms. The summed E-state index contributed by atoms with van der Waals surface area (Å²) in [6.45, 7) is 0. The summed E-state index contributed by atoms with van der Waals surface area (Å²) in [6.07, 6.45) is -0.00736. The third kappa shape index (κ3) is 4.72. The number of amides is 2. The van der Waals surface area contributed by atoms with Crippen LogP contribution in [0.1, 0.15) is 6.42 Å². The molecule has 1 atom stereocenters. The molecule has 6 nitrogen and oxygen atoms in total. The van der Waals surface area contributed by atoms with E-state index in [2.05, 4.69) is 10.3 Å². The number of aromatic hydroxyl groups is 1. The Morgan fingerprint density at radius 2 is 1.82 bits per heavy atom. The minimum absolute atomic E-state index is 0.00736. The number of nitrogens with one attached hydrogen (secondary N) is 1. The van der Waals surface area contributed by atoms with E-state index >= 15 is 0 Å². The number of carbonyl (C=O) groups is 2. The number of phenolic OH excluding ortho intramolecular Hbond substituents is 1. The Balaban J connectivity index is 1.70. The largest absolute Gasteiger partial charge is 0.505 e. The minimum Gasteiger partial charge on any atom is -0.505 e. The lowest BCUT2D eigenvalue weighted by molar-refractivity contribution is -0.127. The summed E-state index contributed by atoms with van der Waals surface area (Å²) in [5.74, 6) is -0.753. The van der Waals surface area contributed by atoms with E-state index in [-0.39, 0.29) is 34.0 Å². The van der Waals surface area contributed by atoms with Crippen LogP contribution in [0, 0.1) is 0 Å². The molecule has 1 saturated heterocycles. The van der Waals surface area contributed by atoms with Crippen molar-refractivity contribution in [1.82, 2.24) is 4.90 Å². The molecule has 1 aliphatic heterocycles. The summed E-state index contributed by atoms with van der Waals surface area (Å²) >= 11 is 18.8. The maximum absolute atomic E-state index is 12.5. The molecule has 0 aromatic heterocycles. The SMILES string of the molecule is CN1C(=O)[C@H](CC(=O)Nc2ccc(Cl)cc2)SC1=Nc1cc(Cl)c(O)c(Cl)c1. The third-order valence-electron chi connectivity index (χ3n) is 3.87. The monoisotopic (exact) mass is 457 g/mol. The standard InChI is InChI=1S/C18H14Cl3N3O3S/c1-24-17(27)14(8-15(25)22-10-4-2-9(19)3-5-10)28-18(24)23-11-6-12(20)16(26)13(21)7-11/h2-7,14,26H,8H2,1H3,(H,22,25)/t14-/m0/s1. The van der Waals surface area contributed by atoms with Gasteiger partial charge in [0.05, 0.1) is 15.7 Å². The molecule has 0 aliphatic carbocycles. The quantitative estimate of drug-likeness (QED) is 0.680. The summed E-state index contributed by atoms with van der Waals surface area (Å²) in [4.78, 5) is 30.5. The first-order valence-electron chi connectivity index (χ1n) is 8.01. The number of anilines is 1. The Kier molecular flexibility index (Phi) is 6.40. The number of benzene rings is 2. The molecule has 0 unspecified atom stereocenters. The number of thioether (sulfide) groups is 1. The van der Waals surface area contributed by atoms with Gasteiger partial charge in [-0.25, -0.2) is 4.99 Å². The lowest BCUT2D eigenvalue weighted by Gasteiger charge is -2.09. The molecule has 0 radical (unpaired) electrons. The Morgan fingerprint density at radius 3 is 2.43 bits per heavy atom. The zero-order valence-corrected chi connectivity index (χ0v) is 17.5. The number of hydrogen-bond acceptors (Lipinski definition) is 5. The van der Waals surface area contributed by atoms with Gasteiger partial charge in [0, 0.05) is 24.2 Å². The molecule has 146 valence electrons. The molecular formula is C18H14Cl3N3O3S. The van der Waals surface area contributed by atoms with Gasteiger partial charge in [0.2, 0.25) is 11.8 Å². The van der Waals surface area contributed by atoms with Crippen molar-refractivity contribution in [2.75, 3.05) is 12.4 Å². The number of hydrogen-bond donors (Lipinski definition) is 2. The van der Waals surface area contributed by atoms with Crippen molar-refractivity contribution in [2.24, 2.45) is 4.99 Å². The van der Waals surface area contributed by atoms with Gasteiger partial charge in [-0.2, -0.15) is 0 Å². The first-order chi connectivity index (χ1) is 13.2. The molecule has 1 aliphatic rings. The lowest BCUT2D eigenvalue weighted by Crippen LogP contribution is -2.30. The number of rotatable bonds is 4. The predicted octanol–water partition coefficient (Wildman–Crippen LogP) is 4.94. The molecular weight excluding hydrogens is 445 g/mol. The van der Waals surface area contributed by atoms with Crippen LogP contribution < -0.4 is 5.32 Å². The van der Waals surface area contributed by atoms with Crippen molar-refractivity contribution in [1.29, 1.82) is 0 Å². The number of phenols is 1. The Hall–Kier alpha value is -1.93. The highest BCUT2D eigenvalue weighted by atomic mass is 35.5. The second-order valence-corrected chi connectivity index (χ2v) is 8.34. The van der Waals surface area contributed by atoms with Gasteiger partial charge >= 0.3 is 0 Å². The van der Waals surface area contributed by atoms with Crippen LogP contribution in [-0.4, -0.2) is 39.3 Å². The zero-order chi connectivity index (χ0) is 20.4. The summed E-state index contributed by atoms with van der Waals surface area (Å²) in [5.41, 5.74) is 0.988. The summed E-state index contributed by atoms with van der Waals surface area (Å²) in [6, 6.07) is 9.57. The van der Waals surface area contributed by atoms with Gasteiger partial charge in [0.15, 0.2) is 10.9 Å². The number of amidine groups is 1. The van der Waals surface area contributed by atoms with Crippen LogP contribution in [0.15, 0.2) is 41.4 Å². The van der Waals surface area contributed by atoms with E-state index in [4.69, 9.17) is 34.8 Å². The number of nitrogens with zero attached hydrogens (tertiary/aromatic N) is 2. The summed E-state index contributed by atoms with van der Waals surface area (Å²) < 4.78 is 0. The van der Waals surface area contributed by atoms with Crippen molar-refractivity contribution in [2.45, 2.75) is 11.7 Å². The number of halogens is 3. The Labute approximate surface area is 180 Å². The van der Waals surface area contributed by atoms with E-state index in [1.165, 1.54) is 28.8 Å². The van der Waals surface area contributed by atoms with Crippen LogP contribution in [-0.2, 0) is 9.59 Å². The van der Waals surface area contributed by atoms with Crippen molar-refractivity contribution < 1.29 is 14.7 Å². The highest BCUT2D eigenvalue weighted by molar-refractivity contribution is 8.15. The lowest BCUT2D eigenvalue weighted by atomic mass is 10.2. The topological polar surface area (TPSA) is 82.0 Å². The molecule has 3 rings (SSSR count). The average Bonchev–Trinajstić information content (AvgIpc) is 2.89. The molecule has 2 amide bonds. The predicted molar refractivity (Wildman–Crippen MR) is 114 cm³/mol. The van der Waals surface area contributed by atoms with Crippen molar-refractivity contribution >= 4 is 74.9 Å². The fourth-order valence-corrected chi connectivity index (χ4v) is 4.19. The maximum Gasteiger partial charge on any atom is 0.242 e. The van der Waals surface area contributed by atoms with Crippen LogP contribution in [0.3, 0.4) is 0 Å². The van der Waals surface area contributed by atoms with Crippen LogP contribution >= 0.6 is 46.6 Å². The number of aliphatic imine (C=N–C) groups is 1. The van der Waals surface area contributed by atoms with Crippen LogP contribution in [0.2, 0.25) is 15.1 Å². The Morgan fingerprint density at radius 1 is 1.21 bits per heavy atom. The highest BCUT2D eigenvalue weighted by Crippen LogP contribution is 2.37. The normalized spacial score (nSPS) is 18.0. The van der Waals surface area contributed by atoms with E-state index in [1.54, 1.807) is 31.3 Å². The molecule has 28 heavy (non-hydrogen) atoms. The van der Waals surface area contributed by atoms with Gasteiger partial charge in [-0.05, 0) is 36.4 Å². The van der Waals surface area contributed by atoms with Crippen LogP contribution in [0.25, 0.3) is 0 Å². The first kappa shape index (κ1) is 20.8. The zero-order valence-electron chi connectivity index (χ0n) is 14.4. The van der Waals surface area contributed by atoms with Gasteiger partial charge in [-0.15, -0.1) is 0 Å². The van der Waals surface area contributed by atoms with Crippen LogP contribution in [0.4, 0.5) is 11.4 Å². The number of carbonyl (C=O) groups excluding carboxylic acids is 2. The second-order valence-electron chi connectivity index (χ2n) is 5.92. The molecule has 0 saturated carbocycles. The van der Waals surface area contributed by atoms with Gasteiger partial charge in [0.1, 0.15) is 5.25 Å². The average molecular weight is 459 g/mol. The van der Waals surface area contributed by atoms with Gasteiger partial charge < -0.3 is 10.4 Å². The molecule has 2 N–H and O–H groups in total. The summed E-state index contributed by atoms with van der Waals surface area (Å²) in [7, 11) is 1.58. The maximum atomic E-state index is 12.5. The summed E-state index contributed by atoms with van der Waals surface area (Å²) in [5, 5.41) is 12.9. The molecule has 2 aromatic rings. The van der Waals surface area contributed by atoms with Gasteiger partial charge in [-0.3, -0.25) is 14.5 Å². The van der Waals surface area contributed by atoms with E-state index in [0.29, 0.717) is 21.6 Å². The fourth-order valence-electron chi connectivity index (χ4n) is 2.44. The molecule has 10 heteroatoms. The smallest absolute Gasteiger partial charge is 0.242 e. The van der Waals surface area contributed by atoms with Gasteiger partial charge in [-0.1, -0.05) is 46.6 Å². The highest BCUT2D eigenvalue weighted by Gasteiger charge is 2.37. The minimum atomic E-state index is -0.598. The van der Waals surface area contributed by atoms with E-state index in [9.17, 15) is 14.7 Å². The van der Waals surface area contributed by atoms with Crippen molar-refractivity contribution in [3.8, 4) is 5.75 Å².